The first kappa shape index (κ1) is 19.4. The molecular weight excluding hydrogens is 447 g/mol. The molecule has 1 saturated heterocycles. The molecule has 2 heterocycles. The molecule has 0 spiro atoms. The minimum Gasteiger partial charge on any atom is -0.345 e. The molecular formula is C20H20BrFN2O3S. The molecule has 8 heteroatoms. The van der Waals surface area contributed by atoms with E-state index in [9.17, 15) is 18.3 Å². The van der Waals surface area contributed by atoms with Crippen molar-refractivity contribution < 1.29 is 18.3 Å². The summed E-state index contributed by atoms with van der Waals surface area (Å²) in [6.07, 6.45) is 2.41. The number of hydrogen-bond donors (Lipinski definition) is 3. The summed E-state index contributed by atoms with van der Waals surface area (Å²) in [6.45, 7) is 1.84. The summed E-state index contributed by atoms with van der Waals surface area (Å²) >= 11 is 3.53. The number of fused-ring (bicyclic) bond motifs is 1. The Morgan fingerprint density at radius 1 is 1.25 bits per heavy atom. The first-order chi connectivity index (χ1) is 13.2. The second kappa shape index (κ2) is 6.88. The molecule has 1 atom stereocenters. The van der Waals surface area contributed by atoms with Crippen LogP contribution in [0.4, 0.5) is 4.39 Å². The van der Waals surface area contributed by atoms with Gasteiger partial charge in [0.2, 0.25) is 0 Å². The highest BCUT2D eigenvalue weighted by atomic mass is 79.9. The Labute approximate surface area is 172 Å². The molecule has 0 radical (unpaired) electrons. The summed E-state index contributed by atoms with van der Waals surface area (Å²) in [4.78, 5) is 12.8. The SMILES string of the molecule is CC1(NC(=O)c2ccc3c(Br)cn(-c4ccc(F)cc4)c3c2)CCS(O)(O)C1. The smallest absolute Gasteiger partial charge is 0.251 e. The van der Waals surface area contributed by atoms with E-state index in [1.807, 2.05) is 23.8 Å². The monoisotopic (exact) mass is 466 g/mol. The summed E-state index contributed by atoms with van der Waals surface area (Å²) in [6, 6.07) is 11.5. The van der Waals surface area contributed by atoms with Crippen molar-refractivity contribution in [2.24, 2.45) is 0 Å². The number of nitrogens with zero attached hydrogens (tertiary/aromatic N) is 1. The maximum atomic E-state index is 13.3. The third-order valence-corrected chi connectivity index (χ3v) is 7.66. The third kappa shape index (κ3) is 3.69. The number of amides is 1. The van der Waals surface area contributed by atoms with E-state index in [4.69, 9.17) is 0 Å². The molecule has 1 unspecified atom stereocenters. The largest absolute Gasteiger partial charge is 0.345 e. The Kier molecular flexibility index (Phi) is 4.78. The maximum Gasteiger partial charge on any atom is 0.251 e. The van der Waals surface area contributed by atoms with Crippen LogP contribution in [-0.4, -0.2) is 36.6 Å². The van der Waals surface area contributed by atoms with Crippen molar-refractivity contribution in [3.05, 3.63) is 64.5 Å². The van der Waals surface area contributed by atoms with Crippen molar-refractivity contribution in [2.75, 3.05) is 11.5 Å². The number of carbonyl (C=O) groups excluding carboxylic acids is 1. The molecule has 28 heavy (non-hydrogen) atoms. The zero-order valence-corrected chi connectivity index (χ0v) is 17.6. The van der Waals surface area contributed by atoms with Gasteiger partial charge in [0.1, 0.15) is 5.82 Å². The van der Waals surface area contributed by atoms with E-state index in [1.165, 1.54) is 12.1 Å². The van der Waals surface area contributed by atoms with Crippen LogP contribution < -0.4 is 5.32 Å². The van der Waals surface area contributed by atoms with Crippen LogP contribution in [0.3, 0.4) is 0 Å². The summed E-state index contributed by atoms with van der Waals surface area (Å²) in [5.41, 5.74) is 1.44. The highest BCUT2D eigenvalue weighted by molar-refractivity contribution is 9.10. The lowest BCUT2D eigenvalue weighted by molar-refractivity contribution is 0.0915. The summed E-state index contributed by atoms with van der Waals surface area (Å²) in [5, 5.41) is 3.89. The highest BCUT2D eigenvalue weighted by Crippen LogP contribution is 2.49. The van der Waals surface area contributed by atoms with Crippen molar-refractivity contribution in [3.63, 3.8) is 0 Å². The Bertz CT molecular complexity index is 1070. The molecule has 3 aromatic rings. The number of halogens is 2. The van der Waals surface area contributed by atoms with Crippen LogP contribution in [0, 0.1) is 5.82 Å². The van der Waals surface area contributed by atoms with Crippen molar-refractivity contribution in [1.82, 2.24) is 9.88 Å². The van der Waals surface area contributed by atoms with Gasteiger partial charge in [0, 0.05) is 33.1 Å². The van der Waals surface area contributed by atoms with Crippen LogP contribution in [0.1, 0.15) is 23.7 Å². The third-order valence-electron chi connectivity index (χ3n) is 5.07. The minimum absolute atomic E-state index is 0.172. The van der Waals surface area contributed by atoms with E-state index < -0.39 is 16.1 Å². The fraction of sp³-hybridized carbons (Fsp3) is 0.250. The zero-order chi connectivity index (χ0) is 20.1. The van der Waals surface area contributed by atoms with Gasteiger partial charge in [-0.1, -0.05) is 6.07 Å². The van der Waals surface area contributed by atoms with Gasteiger partial charge < -0.3 is 9.88 Å². The van der Waals surface area contributed by atoms with Gasteiger partial charge in [-0.2, -0.15) is 10.6 Å². The van der Waals surface area contributed by atoms with E-state index in [2.05, 4.69) is 21.2 Å². The van der Waals surface area contributed by atoms with E-state index >= 15 is 0 Å². The standard InChI is InChI=1S/C20H20BrFN2O3S/c1-20(8-9-28(26,27)12-20)23-19(25)13-2-7-16-17(21)11-24(18(16)10-13)15-5-3-14(22)4-6-15/h2-7,10-11,26-27H,8-9,12H2,1H3,(H,23,25). The average molecular weight is 467 g/mol. The van der Waals surface area contributed by atoms with Gasteiger partial charge in [0.25, 0.3) is 5.91 Å². The Morgan fingerprint density at radius 3 is 2.61 bits per heavy atom. The molecule has 1 aliphatic heterocycles. The van der Waals surface area contributed by atoms with Crippen LogP contribution >= 0.6 is 26.5 Å². The van der Waals surface area contributed by atoms with Gasteiger partial charge in [-0.3, -0.25) is 13.9 Å². The molecule has 1 amide bonds. The lowest BCUT2D eigenvalue weighted by atomic mass is 10.0. The summed E-state index contributed by atoms with van der Waals surface area (Å²) < 4.78 is 35.8. The normalized spacial score (nSPS) is 22.3. The van der Waals surface area contributed by atoms with Crippen LogP contribution in [-0.2, 0) is 0 Å². The van der Waals surface area contributed by atoms with Gasteiger partial charge in [-0.05, 0) is 65.7 Å². The Hall–Kier alpha value is -1.87. The topological polar surface area (TPSA) is 74.5 Å². The minimum atomic E-state index is -2.62. The molecule has 4 rings (SSSR count). The predicted octanol–water partition coefficient (Wildman–Crippen LogP) is 5.17. The van der Waals surface area contributed by atoms with Crippen LogP contribution in [0.15, 0.2) is 53.1 Å². The fourth-order valence-corrected chi connectivity index (χ4v) is 6.33. The number of benzene rings is 2. The fourth-order valence-electron chi connectivity index (χ4n) is 3.63. The number of rotatable bonds is 3. The van der Waals surface area contributed by atoms with Crippen molar-refractivity contribution >= 4 is 43.3 Å². The second-order valence-corrected chi connectivity index (χ2v) is 10.6. The molecule has 5 nitrogen and oxygen atoms in total. The van der Waals surface area contributed by atoms with Crippen LogP contribution in [0.5, 0.6) is 0 Å². The van der Waals surface area contributed by atoms with Gasteiger partial charge >= 0.3 is 0 Å². The first-order valence-electron chi connectivity index (χ1n) is 8.79. The second-order valence-electron chi connectivity index (χ2n) is 7.47. The van der Waals surface area contributed by atoms with Crippen molar-refractivity contribution in [2.45, 2.75) is 18.9 Å². The van der Waals surface area contributed by atoms with Gasteiger partial charge in [0.15, 0.2) is 0 Å². The van der Waals surface area contributed by atoms with E-state index in [-0.39, 0.29) is 17.5 Å². The van der Waals surface area contributed by atoms with E-state index in [0.29, 0.717) is 17.7 Å². The lowest BCUT2D eigenvalue weighted by Crippen LogP contribution is -2.46. The van der Waals surface area contributed by atoms with E-state index in [1.54, 1.807) is 24.3 Å². The number of aromatic nitrogens is 1. The van der Waals surface area contributed by atoms with Gasteiger partial charge in [0.05, 0.1) is 16.8 Å². The maximum absolute atomic E-state index is 13.3. The van der Waals surface area contributed by atoms with Crippen LogP contribution in [0.25, 0.3) is 16.6 Å². The molecule has 0 bridgehead atoms. The Balaban J connectivity index is 1.68. The predicted molar refractivity (Wildman–Crippen MR) is 114 cm³/mol. The number of hydrogen-bond acceptors (Lipinski definition) is 3. The zero-order valence-electron chi connectivity index (χ0n) is 15.2. The number of carbonyl (C=O) groups is 1. The summed E-state index contributed by atoms with van der Waals surface area (Å²) in [7, 11) is -2.62. The molecule has 3 N–H and O–H groups in total. The van der Waals surface area contributed by atoms with E-state index in [0.717, 1.165) is 21.1 Å². The first-order valence-corrected chi connectivity index (χ1v) is 11.5. The van der Waals surface area contributed by atoms with Gasteiger partial charge in [-0.25, -0.2) is 4.39 Å². The van der Waals surface area contributed by atoms with Crippen molar-refractivity contribution in [3.8, 4) is 5.69 Å². The number of nitrogens with one attached hydrogen (secondary N) is 1. The lowest BCUT2D eigenvalue weighted by Gasteiger charge is -2.30. The molecule has 0 aliphatic carbocycles. The van der Waals surface area contributed by atoms with Gasteiger partial charge in [-0.15, -0.1) is 0 Å². The quantitative estimate of drug-likeness (QED) is 0.497. The average Bonchev–Trinajstić information content (AvgIpc) is 3.11. The molecule has 1 fully saturated rings. The summed E-state index contributed by atoms with van der Waals surface area (Å²) in [5.74, 6) is -0.0890. The Morgan fingerprint density at radius 2 is 1.96 bits per heavy atom. The van der Waals surface area contributed by atoms with Crippen molar-refractivity contribution in [1.29, 1.82) is 0 Å². The van der Waals surface area contributed by atoms with Crippen LogP contribution in [0.2, 0.25) is 0 Å². The highest BCUT2D eigenvalue weighted by Gasteiger charge is 2.39. The molecule has 148 valence electrons. The molecule has 0 saturated carbocycles. The molecule has 2 aromatic carbocycles. The molecule has 1 aliphatic rings. The molecule has 1 aromatic heterocycles.